The summed E-state index contributed by atoms with van der Waals surface area (Å²) in [5, 5.41) is 4.55. The zero-order valence-electron chi connectivity index (χ0n) is 14.1. The lowest BCUT2D eigenvalue weighted by Crippen LogP contribution is -2.35. The zero-order valence-corrected chi connectivity index (χ0v) is 14.1. The van der Waals surface area contributed by atoms with E-state index in [1.807, 2.05) is 0 Å². The number of para-hydroxylation sites is 1. The molecule has 1 unspecified atom stereocenters. The molecule has 2 fully saturated rings. The fraction of sp³-hybridized carbons (Fsp3) is 0.550. The minimum absolute atomic E-state index is 0.185. The van der Waals surface area contributed by atoms with Crippen LogP contribution in [0.2, 0.25) is 0 Å². The predicted octanol–water partition coefficient (Wildman–Crippen LogP) is 3.96. The molecular formula is C20H26N2O. The van der Waals surface area contributed by atoms with E-state index in [0.717, 1.165) is 6.42 Å². The van der Waals surface area contributed by atoms with Crippen molar-refractivity contribution in [3.63, 3.8) is 0 Å². The summed E-state index contributed by atoms with van der Waals surface area (Å²) in [6, 6.07) is 6.58. The Kier molecular flexibility index (Phi) is 3.67. The number of hydrogen-bond acceptors (Lipinski definition) is 1. The van der Waals surface area contributed by atoms with Gasteiger partial charge in [0.1, 0.15) is 0 Å². The maximum absolute atomic E-state index is 12.5. The molecule has 1 aromatic carbocycles. The van der Waals surface area contributed by atoms with Crippen molar-refractivity contribution in [1.82, 2.24) is 10.3 Å². The summed E-state index contributed by atoms with van der Waals surface area (Å²) in [5.41, 5.74) is 3.78. The summed E-state index contributed by atoms with van der Waals surface area (Å²) in [7, 11) is 0. The molecule has 0 aliphatic heterocycles. The summed E-state index contributed by atoms with van der Waals surface area (Å²) in [4.78, 5) is 15.9. The number of fused-ring (bicyclic) bond motifs is 2. The number of amides is 1. The molecule has 122 valence electrons. The lowest BCUT2D eigenvalue weighted by atomic mass is 10.0. The predicted molar refractivity (Wildman–Crippen MR) is 93.3 cm³/mol. The van der Waals surface area contributed by atoms with Crippen LogP contribution in [-0.4, -0.2) is 16.9 Å². The van der Waals surface area contributed by atoms with Gasteiger partial charge in [-0.05, 0) is 56.1 Å². The van der Waals surface area contributed by atoms with Gasteiger partial charge in [-0.25, -0.2) is 0 Å². The molecule has 1 heterocycles. The molecule has 23 heavy (non-hydrogen) atoms. The summed E-state index contributed by atoms with van der Waals surface area (Å²) in [5.74, 6) is 1.98. The summed E-state index contributed by atoms with van der Waals surface area (Å²) < 4.78 is 0. The van der Waals surface area contributed by atoms with Gasteiger partial charge in [0.2, 0.25) is 5.91 Å². The van der Waals surface area contributed by atoms with Crippen molar-refractivity contribution in [3.05, 3.63) is 35.5 Å². The van der Waals surface area contributed by atoms with Gasteiger partial charge < -0.3 is 10.3 Å². The van der Waals surface area contributed by atoms with E-state index in [2.05, 4.69) is 48.5 Å². The quantitative estimate of drug-likeness (QED) is 0.882. The Bertz CT molecular complexity index is 720. The van der Waals surface area contributed by atoms with E-state index in [-0.39, 0.29) is 6.04 Å². The van der Waals surface area contributed by atoms with Crippen LogP contribution in [0, 0.1) is 24.7 Å². The molecule has 2 aromatic rings. The van der Waals surface area contributed by atoms with Gasteiger partial charge in [-0.2, -0.15) is 0 Å². The average molecular weight is 310 g/mol. The summed E-state index contributed by atoms with van der Waals surface area (Å²) in [6.45, 7) is 4.25. The number of H-pyrrole nitrogens is 1. The van der Waals surface area contributed by atoms with E-state index in [9.17, 15) is 4.79 Å². The Balaban J connectivity index is 1.40. The molecule has 2 aliphatic carbocycles. The van der Waals surface area contributed by atoms with Crippen molar-refractivity contribution in [2.24, 2.45) is 17.8 Å². The van der Waals surface area contributed by atoms with Crippen molar-refractivity contribution < 1.29 is 4.79 Å². The molecular weight excluding hydrogens is 284 g/mol. The second-order valence-electron chi connectivity index (χ2n) is 7.56. The Morgan fingerprint density at radius 1 is 1.30 bits per heavy atom. The van der Waals surface area contributed by atoms with Crippen LogP contribution in [-0.2, 0) is 11.2 Å². The third-order valence-electron chi connectivity index (χ3n) is 5.88. The Morgan fingerprint density at radius 3 is 2.78 bits per heavy atom. The second-order valence-corrected chi connectivity index (χ2v) is 7.56. The number of carbonyl (C=O) groups is 1. The maximum Gasteiger partial charge on any atom is 0.223 e. The second kappa shape index (κ2) is 5.70. The van der Waals surface area contributed by atoms with Crippen molar-refractivity contribution in [3.8, 4) is 0 Å². The van der Waals surface area contributed by atoms with E-state index < -0.39 is 0 Å². The molecule has 3 nitrogen and oxygen atoms in total. The largest absolute Gasteiger partial charge is 0.361 e. The summed E-state index contributed by atoms with van der Waals surface area (Å²) in [6.07, 6.45) is 8.14. The number of carbonyl (C=O) groups excluding carboxylic acids is 1. The molecule has 2 aliphatic rings. The van der Waals surface area contributed by atoms with Crippen LogP contribution in [0.4, 0.5) is 0 Å². The Hall–Kier alpha value is -1.77. The topological polar surface area (TPSA) is 44.9 Å². The fourth-order valence-corrected chi connectivity index (χ4v) is 4.63. The molecule has 2 saturated carbocycles. The first-order valence-corrected chi connectivity index (χ1v) is 9.01. The number of aromatic nitrogens is 1. The molecule has 1 aromatic heterocycles. The van der Waals surface area contributed by atoms with Crippen LogP contribution in [0.15, 0.2) is 24.4 Å². The molecule has 4 rings (SSSR count). The monoisotopic (exact) mass is 310 g/mol. The molecule has 0 radical (unpaired) electrons. The summed E-state index contributed by atoms with van der Waals surface area (Å²) >= 11 is 0. The maximum atomic E-state index is 12.5. The van der Waals surface area contributed by atoms with Crippen molar-refractivity contribution >= 4 is 16.8 Å². The van der Waals surface area contributed by atoms with Gasteiger partial charge in [0.05, 0.1) is 0 Å². The number of aryl methyl sites for hydroxylation is 1. The number of benzene rings is 1. The highest BCUT2D eigenvalue weighted by atomic mass is 16.2. The minimum Gasteiger partial charge on any atom is -0.361 e. The number of hydrogen-bond donors (Lipinski definition) is 2. The van der Waals surface area contributed by atoms with Crippen LogP contribution in [0.3, 0.4) is 0 Å². The van der Waals surface area contributed by atoms with Gasteiger partial charge >= 0.3 is 0 Å². The van der Waals surface area contributed by atoms with E-state index >= 15 is 0 Å². The number of aromatic amines is 1. The van der Waals surface area contributed by atoms with Gasteiger partial charge in [0.25, 0.3) is 0 Å². The minimum atomic E-state index is 0.185. The van der Waals surface area contributed by atoms with E-state index in [4.69, 9.17) is 0 Å². The SMILES string of the molecule is Cc1cccc2c(C[C@H](C)NC(=O)C3[C@H]4CCCC[C@@H]34)c[nH]c12. The van der Waals surface area contributed by atoms with Gasteiger partial charge in [-0.1, -0.05) is 31.0 Å². The first-order chi connectivity index (χ1) is 11.1. The molecule has 0 saturated heterocycles. The van der Waals surface area contributed by atoms with E-state index in [1.54, 1.807) is 0 Å². The van der Waals surface area contributed by atoms with Crippen molar-refractivity contribution in [2.75, 3.05) is 0 Å². The smallest absolute Gasteiger partial charge is 0.223 e. The first-order valence-electron chi connectivity index (χ1n) is 9.01. The zero-order chi connectivity index (χ0) is 16.0. The van der Waals surface area contributed by atoms with Crippen LogP contribution in [0.1, 0.15) is 43.7 Å². The molecule has 2 N–H and O–H groups in total. The number of nitrogens with one attached hydrogen (secondary N) is 2. The third kappa shape index (κ3) is 2.66. The molecule has 4 atom stereocenters. The standard InChI is InChI=1S/C20H26N2O/c1-12-6-5-9-15-14(11-21-19(12)15)10-13(2)22-20(23)18-16-7-3-4-8-17(16)18/h5-6,9,11,13,16-18,21H,3-4,7-8,10H2,1-2H3,(H,22,23)/t13-,16-,17+,18?/m0/s1. The highest BCUT2D eigenvalue weighted by Crippen LogP contribution is 2.55. The first kappa shape index (κ1) is 14.8. The van der Waals surface area contributed by atoms with Gasteiger partial charge in [0.15, 0.2) is 0 Å². The van der Waals surface area contributed by atoms with Crippen molar-refractivity contribution in [1.29, 1.82) is 0 Å². The van der Waals surface area contributed by atoms with Crippen LogP contribution in [0.5, 0.6) is 0 Å². The lowest BCUT2D eigenvalue weighted by Gasteiger charge is -2.13. The van der Waals surface area contributed by atoms with Crippen LogP contribution >= 0.6 is 0 Å². The van der Waals surface area contributed by atoms with E-state index in [1.165, 1.54) is 47.7 Å². The van der Waals surface area contributed by atoms with Gasteiger partial charge in [-0.3, -0.25) is 4.79 Å². The highest BCUT2D eigenvalue weighted by molar-refractivity contribution is 5.86. The Morgan fingerprint density at radius 2 is 2.04 bits per heavy atom. The third-order valence-corrected chi connectivity index (χ3v) is 5.88. The molecule has 3 heteroatoms. The van der Waals surface area contributed by atoms with Crippen LogP contribution in [0.25, 0.3) is 10.9 Å². The normalized spacial score (nSPS) is 27.5. The van der Waals surface area contributed by atoms with Gasteiger partial charge in [-0.15, -0.1) is 0 Å². The number of rotatable bonds is 4. The average Bonchev–Trinajstić information content (AvgIpc) is 3.14. The molecule has 0 bridgehead atoms. The Labute approximate surface area is 137 Å². The fourth-order valence-electron chi connectivity index (χ4n) is 4.63. The van der Waals surface area contributed by atoms with E-state index in [0.29, 0.717) is 23.7 Å². The van der Waals surface area contributed by atoms with Crippen LogP contribution < -0.4 is 5.32 Å². The van der Waals surface area contributed by atoms with Crippen molar-refractivity contribution in [2.45, 2.75) is 52.0 Å². The highest BCUT2D eigenvalue weighted by Gasteiger charge is 2.54. The molecule has 0 spiro atoms. The van der Waals surface area contributed by atoms with Gasteiger partial charge in [0, 0.05) is 29.1 Å². The lowest BCUT2D eigenvalue weighted by molar-refractivity contribution is -0.123. The molecule has 1 amide bonds.